The summed E-state index contributed by atoms with van der Waals surface area (Å²) in [6.07, 6.45) is 0.553. The fraction of sp³-hybridized carbons (Fsp3) is 0.333. The highest BCUT2D eigenvalue weighted by Crippen LogP contribution is 2.30. The molecule has 1 aliphatic heterocycles. The largest absolute Gasteiger partial charge is 0.492 e. The number of benzene rings is 2. The fourth-order valence-electron chi connectivity index (χ4n) is 3.20. The number of hydrogen-bond donors (Lipinski definition) is 1. The molecule has 2 aromatic rings. The summed E-state index contributed by atoms with van der Waals surface area (Å²) in [6, 6.07) is 11.2. The first-order valence-electron chi connectivity index (χ1n) is 8.87. The SMILES string of the molecule is Cc1cccc(NC(=O)CN(C)C(=O)[C@H]2COc3ccc(Cl)cc3C2)c1C. The van der Waals surface area contributed by atoms with Crippen LogP contribution in [0.3, 0.4) is 0 Å². The molecule has 0 unspecified atom stereocenters. The van der Waals surface area contributed by atoms with Gasteiger partial charge in [-0.25, -0.2) is 0 Å². The molecule has 5 nitrogen and oxygen atoms in total. The van der Waals surface area contributed by atoms with Crippen LogP contribution in [-0.4, -0.2) is 36.9 Å². The van der Waals surface area contributed by atoms with Crippen molar-refractivity contribution in [2.24, 2.45) is 5.92 Å². The van der Waals surface area contributed by atoms with Crippen LogP contribution in [0.4, 0.5) is 5.69 Å². The lowest BCUT2D eigenvalue weighted by atomic mass is 9.95. The number of nitrogens with one attached hydrogen (secondary N) is 1. The van der Waals surface area contributed by atoms with E-state index >= 15 is 0 Å². The van der Waals surface area contributed by atoms with E-state index in [-0.39, 0.29) is 24.3 Å². The average molecular weight is 387 g/mol. The topological polar surface area (TPSA) is 58.6 Å². The van der Waals surface area contributed by atoms with Gasteiger partial charge in [0.2, 0.25) is 11.8 Å². The Balaban J connectivity index is 1.60. The van der Waals surface area contributed by atoms with Crippen molar-refractivity contribution in [1.29, 1.82) is 0 Å². The standard InChI is InChI=1S/C21H23ClN2O3/c1-13-5-4-6-18(14(13)2)23-20(25)11-24(3)21(26)16-9-15-10-17(22)7-8-19(15)27-12-16/h4-8,10,16H,9,11-12H2,1-3H3,(H,23,25)/t16-/m1/s1. The number of carbonyl (C=O) groups excluding carboxylic acids is 2. The van der Waals surface area contributed by atoms with E-state index < -0.39 is 0 Å². The van der Waals surface area contributed by atoms with Crippen molar-refractivity contribution in [2.75, 3.05) is 25.5 Å². The zero-order chi connectivity index (χ0) is 19.6. The lowest BCUT2D eigenvalue weighted by Gasteiger charge is -2.28. The molecule has 0 saturated carbocycles. The van der Waals surface area contributed by atoms with Gasteiger partial charge in [0.05, 0.1) is 12.5 Å². The Morgan fingerprint density at radius 3 is 2.81 bits per heavy atom. The van der Waals surface area contributed by atoms with Gasteiger partial charge in [0.1, 0.15) is 12.4 Å². The van der Waals surface area contributed by atoms with E-state index in [1.54, 1.807) is 13.1 Å². The summed E-state index contributed by atoms with van der Waals surface area (Å²) in [4.78, 5) is 26.5. The molecule has 0 aliphatic carbocycles. The average Bonchev–Trinajstić information content (AvgIpc) is 2.64. The Morgan fingerprint density at radius 1 is 1.26 bits per heavy atom. The summed E-state index contributed by atoms with van der Waals surface area (Å²) in [7, 11) is 1.64. The number of ether oxygens (including phenoxy) is 1. The molecule has 1 heterocycles. The molecule has 0 aromatic heterocycles. The highest BCUT2D eigenvalue weighted by atomic mass is 35.5. The monoisotopic (exact) mass is 386 g/mol. The molecule has 2 aromatic carbocycles. The van der Waals surface area contributed by atoms with Gasteiger partial charge in [-0.05, 0) is 61.2 Å². The molecule has 0 radical (unpaired) electrons. The Kier molecular flexibility index (Phi) is 5.71. The summed E-state index contributed by atoms with van der Waals surface area (Å²) in [5.74, 6) is 0.102. The van der Waals surface area contributed by atoms with Gasteiger partial charge in [0, 0.05) is 17.8 Å². The van der Waals surface area contributed by atoms with E-state index in [4.69, 9.17) is 16.3 Å². The second kappa shape index (κ2) is 8.01. The van der Waals surface area contributed by atoms with Crippen LogP contribution in [0.2, 0.25) is 5.02 Å². The zero-order valence-corrected chi connectivity index (χ0v) is 16.5. The number of hydrogen-bond acceptors (Lipinski definition) is 3. The molecule has 1 atom stereocenters. The normalized spacial score (nSPS) is 15.5. The summed E-state index contributed by atoms with van der Waals surface area (Å²) in [5, 5.41) is 3.50. The molecule has 0 spiro atoms. The first-order valence-corrected chi connectivity index (χ1v) is 9.25. The third-order valence-electron chi connectivity index (χ3n) is 4.91. The van der Waals surface area contributed by atoms with Crippen molar-refractivity contribution in [2.45, 2.75) is 20.3 Å². The van der Waals surface area contributed by atoms with Crippen molar-refractivity contribution >= 4 is 29.1 Å². The highest BCUT2D eigenvalue weighted by Gasteiger charge is 2.29. The van der Waals surface area contributed by atoms with Crippen molar-refractivity contribution in [3.8, 4) is 5.75 Å². The minimum atomic E-state index is -0.325. The quantitative estimate of drug-likeness (QED) is 0.873. The predicted molar refractivity (Wildman–Crippen MR) is 106 cm³/mol. The molecule has 3 rings (SSSR count). The fourth-order valence-corrected chi connectivity index (χ4v) is 3.40. The molecule has 1 aliphatic rings. The summed E-state index contributed by atoms with van der Waals surface area (Å²) >= 11 is 6.03. The van der Waals surface area contributed by atoms with E-state index in [9.17, 15) is 9.59 Å². The van der Waals surface area contributed by atoms with Crippen LogP contribution in [0, 0.1) is 19.8 Å². The van der Waals surface area contributed by atoms with Crippen LogP contribution >= 0.6 is 11.6 Å². The Bertz CT molecular complexity index is 882. The number of fused-ring (bicyclic) bond motifs is 1. The van der Waals surface area contributed by atoms with E-state index in [0.29, 0.717) is 18.1 Å². The van der Waals surface area contributed by atoms with Gasteiger partial charge in [0.15, 0.2) is 0 Å². The number of anilines is 1. The predicted octanol–water partition coefficient (Wildman–Crippen LogP) is 3.61. The van der Waals surface area contributed by atoms with Crippen molar-refractivity contribution in [1.82, 2.24) is 4.90 Å². The van der Waals surface area contributed by atoms with E-state index in [0.717, 1.165) is 28.1 Å². The van der Waals surface area contributed by atoms with Crippen molar-refractivity contribution in [3.63, 3.8) is 0 Å². The lowest BCUT2D eigenvalue weighted by molar-refractivity contribution is -0.138. The first kappa shape index (κ1) is 19.2. The number of aryl methyl sites for hydroxylation is 1. The number of likely N-dealkylation sites (N-methyl/N-ethyl adjacent to an activating group) is 1. The number of nitrogens with zero attached hydrogens (tertiary/aromatic N) is 1. The number of halogens is 1. The second-order valence-electron chi connectivity index (χ2n) is 6.95. The summed E-state index contributed by atoms with van der Waals surface area (Å²) < 4.78 is 5.69. The highest BCUT2D eigenvalue weighted by molar-refractivity contribution is 6.30. The van der Waals surface area contributed by atoms with Crippen molar-refractivity contribution < 1.29 is 14.3 Å². The minimum Gasteiger partial charge on any atom is -0.492 e. The van der Waals surface area contributed by atoms with Crippen LogP contribution in [0.5, 0.6) is 5.75 Å². The zero-order valence-electron chi connectivity index (χ0n) is 15.7. The number of amides is 2. The smallest absolute Gasteiger partial charge is 0.243 e. The maximum atomic E-state index is 12.7. The maximum absolute atomic E-state index is 12.7. The molecule has 142 valence electrons. The first-order chi connectivity index (χ1) is 12.8. The van der Waals surface area contributed by atoms with Gasteiger partial charge in [0.25, 0.3) is 0 Å². The Hall–Kier alpha value is -2.53. The molecule has 0 fully saturated rings. The van der Waals surface area contributed by atoms with Gasteiger partial charge in [-0.15, -0.1) is 0 Å². The van der Waals surface area contributed by atoms with Gasteiger partial charge >= 0.3 is 0 Å². The van der Waals surface area contributed by atoms with Crippen LogP contribution in [0.25, 0.3) is 0 Å². The maximum Gasteiger partial charge on any atom is 0.243 e. The summed E-state index contributed by atoms with van der Waals surface area (Å²) in [6.45, 7) is 4.25. The molecular formula is C21H23ClN2O3. The third-order valence-corrected chi connectivity index (χ3v) is 5.15. The third kappa shape index (κ3) is 4.42. The molecule has 27 heavy (non-hydrogen) atoms. The van der Waals surface area contributed by atoms with Crippen LogP contribution < -0.4 is 10.1 Å². The van der Waals surface area contributed by atoms with Gasteiger partial charge in [-0.1, -0.05) is 23.7 Å². The van der Waals surface area contributed by atoms with Gasteiger partial charge in [-0.2, -0.15) is 0 Å². The Labute approximate surface area is 164 Å². The lowest BCUT2D eigenvalue weighted by Crippen LogP contribution is -2.42. The molecular weight excluding hydrogens is 364 g/mol. The molecule has 0 bridgehead atoms. The van der Waals surface area contributed by atoms with E-state index in [1.165, 1.54) is 4.90 Å². The molecule has 6 heteroatoms. The molecule has 1 N–H and O–H groups in total. The van der Waals surface area contributed by atoms with Crippen molar-refractivity contribution in [3.05, 3.63) is 58.1 Å². The van der Waals surface area contributed by atoms with Crippen LogP contribution in [-0.2, 0) is 16.0 Å². The second-order valence-corrected chi connectivity index (χ2v) is 7.39. The van der Waals surface area contributed by atoms with E-state index in [2.05, 4.69) is 5.32 Å². The number of rotatable bonds is 4. The van der Waals surface area contributed by atoms with Gasteiger partial charge in [-0.3, -0.25) is 9.59 Å². The van der Waals surface area contributed by atoms with E-state index in [1.807, 2.05) is 44.2 Å². The van der Waals surface area contributed by atoms with Gasteiger partial charge < -0.3 is 15.0 Å². The van der Waals surface area contributed by atoms with Crippen LogP contribution in [0.1, 0.15) is 16.7 Å². The molecule has 0 saturated heterocycles. The number of carbonyl (C=O) groups is 2. The minimum absolute atomic E-state index is 0.00881. The molecule has 2 amide bonds. The van der Waals surface area contributed by atoms with Crippen LogP contribution in [0.15, 0.2) is 36.4 Å². The Morgan fingerprint density at radius 2 is 2.04 bits per heavy atom. The summed E-state index contributed by atoms with van der Waals surface area (Å²) in [5.41, 5.74) is 3.81.